The second kappa shape index (κ2) is 5.68. The van der Waals surface area contributed by atoms with Gasteiger partial charge in [0.1, 0.15) is 5.82 Å². The SMILES string of the molecule is CCC(C)(C)c1ccc(-c2ccc(F)c(C(=O)O)c2)cc1. The minimum absolute atomic E-state index is 0.105. The number of hydrogen-bond acceptors (Lipinski definition) is 1. The average Bonchev–Trinajstić information content (AvgIpc) is 2.47. The monoisotopic (exact) mass is 286 g/mol. The maximum Gasteiger partial charge on any atom is 0.338 e. The first kappa shape index (κ1) is 15.2. The molecule has 0 aliphatic heterocycles. The summed E-state index contributed by atoms with van der Waals surface area (Å²) in [6.07, 6.45) is 1.03. The average molecular weight is 286 g/mol. The fraction of sp³-hybridized carbons (Fsp3) is 0.278. The van der Waals surface area contributed by atoms with E-state index in [0.29, 0.717) is 5.56 Å². The van der Waals surface area contributed by atoms with Crippen molar-refractivity contribution in [3.05, 3.63) is 59.4 Å². The lowest BCUT2D eigenvalue weighted by Crippen LogP contribution is -2.14. The van der Waals surface area contributed by atoms with Gasteiger partial charge in [-0.1, -0.05) is 51.1 Å². The summed E-state index contributed by atoms with van der Waals surface area (Å²) in [6, 6.07) is 12.2. The Hall–Kier alpha value is -2.16. The molecular formula is C18H19FO2. The number of halogens is 1. The van der Waals surface area contributed by atoms with E-state index >= 15 is 0 Å². The Bertz CT molecular complexity index is 657. The second-order valence-electron chi connectivity index (χ2n) is 5.81. The molecule has 0 aliphatic carbocycles. The highest BCUT2D eigenvalue weighted by Gasteiger charge is 2.18. The van der Waals surface area contributed by atoms with E-state index < -0.39 is 11.8 Å². The van der Waals surface area contributed by atoms with Crippen LogP contribution in [0.15, 0.2) is 42.5 Å². The summed E-state index contributed by atoms with van der Waals surface area (Å²) in [7, 11) is 0. The van der Waals surface area contributed by atoms with Gasteiger partial charge in [0.25, 0.3) is 0 Å². The molecule has 0 heterocycles. The maximum absolute atomic E-state index is 13.4. The van der Waals surface area contributed by atoms with E-state index in [1.807, 2.05) is 24.3 Å². The maximum atomic E-state index is 13.4. The van der Waals surface area contributed by atoms with Crippen molar-refractivity contribution in [2.24, 2.45) is 0 Å². The van der Waals surface area contributed by atoms with Gasteiger partial charge in [0, 0.05) is 0 Å². The van der Waals surface area contributed by atoms with Gasteiger partial charge in [-0.25, -0.2) is 9.18 Å². The van der Waals surface area contributed by atoms with Gasteiger partial charge in [0.15, 0.2) is 0 Å². The third-order valence-corrected chi connectivity index (χ3v) is 4.08. The van der Waals surface area contributed by atoms with Crippen molar-refractivity contribution in [1.82, 2.24) is 0 Å². The smallest absolute Gasteiger partial charge is 0.338 e. The zero-order valence-electron chi connectivity index (χ0n) is 12.5. The van der Waals surface area contributed by atoms with E-state index in [0.717, 1.165) is 12.0 Å². The van der Waals surface area contributed by atoms with Gasteiger partial charge in [-0.2, -0.15) is 0 Å². The second-order valence-corrected chi connectivity index (χ2v) is 5.81. The van der Waals surface area contributed by atoms with Crippen LogP contribution in [0.5, 0.6) is 0 Å². The molecule has 0 radical (unpaired) electrons. The highest BCUT2D eigenvalue weighted by molar-refractivity contribution is 5.89. The van der Waals surface area contributed by atoms with Gasteiger partial charge in [-0.05, 0) is 40.7 Å². The Morgan fingerprint density at radius 2 is 1.67 bits per heavy atom. The largest absolute Gasteiger partial charge is 0.478 e. The molecule has 3 heteroatoms. The quantitative estimate of drug-likeness (QED) is 0.869. The predicted molar refractivity (Wildman–Crippen MR) is 82.1 cm³/mol. The van der Waals surface area contributed by atoms with Crippen LogP contribution in [0, 0.1) is 5.82 Å². The Labute approximate surface area is 124 Å². The highest BCUT2D eigenvalue weighted by atomic mass is 19.1. The number of carboxylic acid groups (broad SMARTS) is 1. The summed E-state index contributed by atoms with van der Waals surface area (Å²) < 4.78 is 13.4. The van der Waals surface area contributed by atoms with Crippen molar-refractivity contribution in [3.63, 3.8) is 0 Å². The van der Waals surface area contributed by atoms with E-state index in [1.54, 1.807) is 6.07 Å². The first-order chi connectivity index (χ1) is 9.85. The fourth-order valence-corrected chi connectivity index (χ4v) is 2.19. The Kier molecular flexibility index (Phi) is 4.12. The molecular weight excluding hydrogens is 267 g/mol. The third kappa shape index (κ3) is 3.13. The first-order valence-electron chi connectivity index (χ1n) is 6.99. The first-order valence-corrected chi connectivity index (χ1v) is 6.99. The summed E-state index contributed by atoms with van der Waals surface area (Å²) >= 11 is 0. The van der Waals surface area contributed by atoms with Gasteiger partial charge in [0.2, 0.25) is 0 Å². The Balaban J connectivity index is 2.40. The van der Waals surface area contributed by atoms with Crippen molar-refractivity contribution in [3.8, 4) is 11.1 Å². The van der Waals surface area contributed by atoms with Crippen LogP contribution in [0.3, 0.4) is 0 Å². The van der Waals surface area contributed by atoms with Crippen molar-refractivity contribution in [1.29, 1.82) is 0 Å². The molecule has 2 rings (SSSR count). The lowest BCUT2D eigenvalue weighted by atomic mass is 9.82. The van der Waals surface area contributed by atoms with Crippen molar-refractivity contribution >= 4 is 5.97 Å². The topological polar surface area (TPSA) is 37.3 Å². The zero-order chi connectivity index (χ0) is 15.6. The molecule has 0 aromatic heterocycles. The summed E-state index contributed by atoms with van der Waals surface area (Å²) in [6.45, 7) is 6.51. The molecule has 0 atom stereocenters. The number of carboxylic acids is 1. The minimum atomic E-state index is -1.25. The van der Waals surface area contributed by atoms with Crippen LogP contribution in [0.2, 0.25) is 0 Å². The molecule has 21 heavy (non-hydrogen) atoms. The predicted octanol–water partition coefficient (Wildman–Crippen LogP) is 4.88. The molecule has 110 valence electrons. The van der Waals surface area contributed by atoms with Crippen LogP contribution < -0.4 is 0 Å². The van der Waals surface area contributed by atoms with E-state index in [2.05, 4.69) is 20.8 Å². The minimum Gasteiger partial charge on any atom is -0.478 e. The standard InChI is InChI=1S/C18H19FO2/c1-4-18(2,3)14-8-5-12(6-9-14)13-7-10-16(19)15(11-13)17(20)21/h5-11H,4H2,1-3H3,(H,20,21). The Morgan fingerprint density at radius 3 is 2.19 bits per heavy atom. The lowest BCUT2D eigenvalue weighted by molar-refractivity contribution is 0.0692. The number of rotatable bonds is 4. The van der Waals surface area contributed by atoms with Gasteiger partial charge in [-0.3, -0.25) is 0 Å². The highest BCUT2D eigenvalue weighted by Crippen LogP contribution is 2.29. The number of benzene rings is 2. The van der Waals surface area contributed by atoms with E-state index in [1.165, 1.54) is 17.7 Å². The van der Waals surface area contributed by atoms with Crippen LogP contribution >= 0.6 is 0 Å². The van der Waals surface area contributed by atoms with Gasteiger partial charge < -0.3 is 5.11 Å². The molecule has 2 aromatic carbocycles. The van der Waals surface area contributed by atoms with E-state index in [9.17, 15) is 9.18 Å². The summed E-state index contributed by atoms with van der Waals surface area (Å²) in [5.41, 5.74) is 2.62. The number of aromatic carboxylic acids is 1. The van der Waals surface area contributed by atoms with E-state index in [4.69, 9.17) is 5.11 Å². The van der Waals surface area contributed by atoms with Crippen LogP contribution in [0.4, 0.5) is 4.39 Å². The normalized spacial score (nSPS) is 11.4. The van der Waals surface area contributed by atoms with Gasteiger partial charge >= 0.3 is 5.97 Å². The van der Waals surface area contributed by atoms with Crippen LogP contribution in [-0.4, -0.2) is 11.1 Å². The van der Waals surface area contributed by atoms with Crippen molar-refractivity contribution in [2.45, 2.75) is 32.6 Å². The molecule has 0 aliphatic rings. The number of hydrogen-bond donors (Lipinski definition) is 1. The number of carbonyl (C=O) groups is 1. The lowest BCUT2D eigenvalue weighted by Gasteiger charge is -2.23. The van der Waals surface area contributed by atoms with Gasteiger partial charge in [-0.15, -0.1) is 0 Å². The third-order valence-electron chi connectivity index (χ3n) is 4.08. The molecule has 1 N–H and O–H groups in total. The molecule has 0 unspecified atom stereocenters. The molecule has 0 saturated heterocycles. The van der Waals surface area contributed by atoms with Crippen molar-refractivity contribution in [2.75, 3.05) is 0 Å². The van der Waals surface area contributed by atoms with Crippen LogP contribution in [0.1, 0.15) is 43.1 Å². The molecule has 0 fully saturated rings. The Morgan fingerprint density at radius 1 is 1.10 bits per heavy atom. The molecule has 0 spiro atoms. The van der Waals surface area contributed by atoms with Crippen LogP contribution in [-0.2, 0) is 5.41 Å². The summed E-state index contributed by atoms with van der Waals surface area (Å²) in [5.74, 6) is -1.96. The molecule has 2 aromatic rings. The van der Waals surface area contributed by atoms with Crippen LogP contribution in [0.25, 0.3) is 11.1 Å². The van der Waals surface area contributed by atoms with E-state index in [-0.39, 0.29) is 11.0 Å². The zero-order valence-corrected chi connectivity index (χ0v) is 12.5. The fourth-order valence-electron chi connectivity index (χ4n) is 2.19. The molecule has 0 amide bonds. The molecule has 0 bridgehead atoms. The molecule has 2 nitrogen and oxygen atoms in total. The molecule has 0 saturated carbocycles. The van der Waals surface area contributed by atoms with Gasteiger partial charge in [0.05, 0.1) is 5.56 Å². The summed E-state index contributed by atoms with van der Waals surface area (Å²) in [5, 5.41) is 8.98. The van der Waals surface area contributed by atoms with Crippen molar-refractivity contribution < 1.29 is 14.3 Å². The summed E-state index contributed by atoms with van der Waals surface area (Å²) in [4.78, 5) is 11.0.